The number of benzene rings is 1. The van der Waals surface area contributed by atoms with Gasteiger partial charge >= 0.3 is 0 Å². The van der Waals surface area contributed by atoms with Crippen molar-refractivity contribution < 1.29 is 4.39 Å². The Morgan fingerprint density at radius 3 is 3.05 bits per heavy atom. The van der Waals surface area contributed by atoms with Crippen LogP contribution in [0.1, 0.15) is 32.3 Å². The van der Waals surface area contributed by atoms with Crippen molar-refractivity contribution >= 4 is 0 Å². The maximum Gasteiger partial charge on any atom is 0.123 e. The molecule has 1 N–H and O–H groups in total. The van der Waals surface area contributed by atoms with Gasteiger partial charge in [0.25, 0.3) is 0 Å². The molecular formula is C16H25FN2. The zero-order valence-corrected chi connectivity index (χ0v) is 12.0. The minimum atomic E-state index is -0.135. The average Bonchev–Trinajstić information content (AvgIpc) is 2.63. The summed E-state index contributed by atoms with van der Waals surface area (Å²) in [6, 6.07) is 7.53. The molecule has 0 spiro atoms. The van der Waals surface area contributed by atoms with Crippen LogP contribution in [0, 0.1) is 11.7 Å². The van der Waals surface area contributed by atoms with Crippen LogP contribution in [0.3, 0.4) is 0 Å². The van der Waals surface area contributed by atoms with Crippen LogP contribution in [-0.2, 0) is 6.54 Å². The molecule has 19 heavy (non-hydrogen) atoms. The van der Waals surface area contributed by atoms with E-state index in [1.807, 2.05) is 6.07 Å². The number of nitrogens with zero attached hydrogens (tertiary/aromatic N) is 1. The maximum absolute atomic E-state index is 13.2. The molecule has 2 nitrogen and oxygen atoms in total. The molecule has 1 heterocycles. The van der Waals surface area contributed by atoms with Crippen LogP contribution in [0.5, 0.6) is 0 Å². The van der Waals surface area contributed by atoms with Gasteiger partial charge in [-0.3, -0.25) is 4.90 Å². The summed E-state index contributed by atoms with van der Waals surface area (Å²) in [5.74, 6) is 0.553. The second-order valence-electron chi connectivity index (χ2n) is 5.66. The Bertz CT molecular complexity index is 394. The summed E-state index contributed by atoms with van der Waals surface area (Å²) >= 11 is 0. The largest absolute Gasteiger partial charge is 0.312 e. The van der Waals surface area contributed by atoms with Gasteiger partial charge in [-0.25, -0.2) is 4.39 Å². The smallest absolute Gasteiger partial charge is 0.123 e. The lowest BCUT2D eigenvalue weighted by Gasteiger charge is -2.28. The standard InChI is InChI=1S/C16H25FN2/c1-3-13(2)16-12-19(9-5-8-18-16)11-14-6-4-7-15(17)10-14/h4,6-7,10,13,16,18H,3,5,8-9,11-12H2,1-2H3. The van der Waals surface area contributed by atoms with E-state index in [1.54, 1.807) is 12.1 Å². The highest BCUT2D eigenvalue weighted by atomic mass is 19.1. The molecule has 2 unspecified atom stereocenters. The monoisotopic (exact) mass is 264 g/mol. The molecule has 1 saturated heterocycles. The fraction of sp³-hybridized carbons (Fsp3) is 0.625. The lowest BCUT2D eigenvalue weighted by Crippen LogP contribution is -2.41. The predicted octanol–water partition coefficient (Wildman–Crippen LogP) is 3.04. The third kappa shape index (κ3) is 4.29. The normalized spacial score (nSPS) is 23.0. The number of hydrogen-bond donors (Lipinski definition) is 1. The van der Waals surface area contributed by atoms with Crippen molar-refractivity contribution in [2.75, 3.05) is 19.6 Å². The van der Waals surface area contributed by atoms with Gasteiger partial charge in [-0.2, -0.15) is 0 Å². The molecule has 0 bridgehead atoms. The van der Waals surface area contributed by atoms with Crippen molar-refractivity contribution in [1.29, 1.82) is 0 Å². The van der Waals surface area contributed by atoms with Crippen LogP contribution in [-0.4, -0.2) is 30.6 Å². The first-order valence-corrected chi connectivity index (χ1v) is 7.39. The molecule has 2 atom stereocenters. The van der Waals surface area contributed by atoms with E-state index in [2.05, 4.69) is 24.1 Å². The zero-order chi connectivity index (χ0) is 13.7. The van der Waals surface area contributed by atoms with Crippen LogP contribution in [0.15, 0.2) is 24.3 Å². The number of nitrogens with one attached hydrogen (secondary N) is 1. The molecule has 1 fully saturated rings. The van der Waals surface area contributed by atoms with Crippen LogP contribution < -0.4 is 5.32 Å². The van der Waals surface area contributed by atoms with E-state index in [0.717, 1.165) is 31.7 Å². The Morgan fingerprint density at radius 2 is 2.32 bits per heavy atom. The molecular weight excluding hydrogens is 239 g/mol. The Labute approximate surface area is 116 Å². The molecule has 1 aliphatic heterocycles. The minimum absolute atomic E-state index is 0.135. The van der Waals surface area contributed by atoms with Gasteiger partial charge in [0.05, 0.1) is 0 Å². The second-order valence-corrected chi connectivity index (χ2v) is 5.66. The molecule has 3 heteroatoms. The van der Waals surface area contributed by atoms with E-state index in [-0.39, 0.29) is 5.82 Å². The maximum atomic E-state index is 13.2. The molecule has 0 amide bonds. The molecule has 0 aliphatic carbocycles. The third-order valence-corrected chi connectivity index (χ3v) is 4.14. The predicted molar refractivity (Wildman–Crippen MR) is 77.5 cm³/mol. The van der Waals surface area contributed by atoms with E-state index >= 15 is 0 Å². The van der Waals surface area contributed by atoms with Crippen molar-refractivity contribution in [1.82, 2.24) is 10.2 Å². The van der Waals surface area contributed by atoms with Crippen LogP contribution in [0.4, 0.5) is 4.39 Å². The van der Waals surface area contributed by atoms with Gasteiger partial charge in [0.2, 0.25) is 0 Å². The van der Waals surface area contributed by atoms with Crippen LogP contribution in [0.25, 0.3) is 0 Å². The van der Waals surface area contributed by atoms with Crippen molar-refractivity contribution in [3.63, 3.8) is 0 Å². The van der Waals surface area contributed by atoms with Gasteiger partial charge in [0, 0.05) is 19.1 Å². The Balaban J connectivity index is 1.98. The molecule has 2 rings (SSSR count). The first kappa shape index (κ1) is 14.5. The van der Waals surface area contributed by atoms with Crippen LogP contribution >= 0.6 is 0 Å². The molecule has 0 radical (unpaired) electrons. The summed E-state index contributed by atoms with van der Waals surface area (Å²) in [6.45, 7) is 8.65. The summed E-state index contributed by atoms with van der Waals surface area (Å²) in [6.07, 6.45) is 2.37. The van der Waals surface area contributed by atoms with E-state index in [9.17, 15) is 4.39 Å². The lowest BCUT2D eigenvalue weighted by atomic mass is 9.99. The summed E-state index contributed by atoms with van der Waals surface area (Å²) in [5, 5.41) is 3.64. The van der Waals surface area contributed by atoms with Crippen LogP contribution in [0.2, 0.25) is 0 Å². The van der Waals surface area contributed by atoms with Gasteiger partial charge < -0.3 is 5.32 Å². The second kappa shape index (κ2) is 7.01. The first-order valence-electron chi connectivity index (χ1n) is 7.39. The topological polar surface area (TPSA) is 15.3 Å². The number of hydrogen-bond acceptors (Lipinski definition) is 2. The Kier molecular flexibility index (Phi) is 5.34. The van der Waals surface area contributed by atoms with E-state index in [0.29, 0.717) is 12.0 Å². The van der Waals surface area contributed by atoms with Gasteiger partial charge in [0.1, 0.15) is 5.82 Å². The Morgan fingerprint density at radius 1 is 1.47 bits per heavy atom. The minimum Gasteiger partial charge on any atom is -0.312 e. The summed E-state index contributed by atoms with van der Waals surface area (Å²) in [7, 11) is 0. The van der Waals surface area contributed by atoms with E-state index in [4.69, 9.17) is 0 Å². The quantitative estimate of drug-likeness (QED) is 0.899. The van der Waals surface area contributed by atoms with E-state index in [1.165, 1.54) is 18.9 Å². The first-order chi connectivity index (χ1) is 9.19. The summed E-state index contributed by atoms with van der Waals surface area (Å²) in [5.41, 5.74) is 1.07. The lowest BCUT2D eigenvalue weighted by molar-refractivity contribution is 0.231. The van der Waals surface area contributed by atoms with Gasteiger partial charge in [-0.1, -0.05) is 32.4 Å². The number of halogens is 1. The molecule has 1 aromatic rings. The highest BCUT2D eigenvalue weighted by molar-refractivity contribution is 5.16. The van der Waals surface area contributed by atoms with Crippen molar-refractivity contribution in [2.24, 2.45) is 5.92 Å². The third-order valence-electron chi connectivity index (χ3n) is 4.14. The fourth-order valence-corrected chi connectivity index (χ4v) is 2.73. The van der Waals surface area contributed by atoms with Gasteiger partial charge in [0.15, 0.2) is 0 Å². The van der Waals surface area contributed by atoms with Crippen molar-refractivity contribution in [3.05, 3.63) is 35.6 Å². The molecule has 1 aliphatic rings. The average molecular weight is 264 g/mol. The van der Waals surface area contributed by atoms with Crippen molar-refractivity contribution in [3.8, 4) is 0 Å². The summed E-state index contributed by atoms with van der Waals surface area (Å²) in [4.78, 5) is 2.45. The van der Waals surface area contributed by atoms with Crippen molar-refractivity contribution in [2.45, 2.75) is 39.3 Å². The molecule has 106 valence electrons. The van der Waals surface area contributed by atoms with Gasteiger partial charge in [-0.15, -0.1) is 0 Å². The fourth-order valence-electron chi connectivity index (χ4n) is 2.73. The SMILES string of the molecule is CCC(C)C1CN(Cc2cccc(F)c2)CCCN1. The Hall–Kier alpha value is -0.930. The number of rotatable bonds is 4. The molecule has 1 aromatic carbocycles. The highest BCUT2D eigenvalue weighted by Crippen LogP contribution is 2.15. The van der Waals surface area contributed by atoms with Gasteiger partial charge in [-0.05, 0) is 43.1 Å². The summed E-state index contributed by atoms with van der Waals surface area (Å²) < 4.78 is 13.2. The molecule has 0 aromatic heterocycles. The zero-order valence-electron chi connectivity index (χ0n) is 12.0. The highest BCUT2D eigenvalue weighted by Gasteiger charge is 2.21. The van der Waals surface area contributed by atoms with E-state index < -0.39 is 0 Å². The molecule has 0 saturated carbocycles.